The second kappa shape index (κ2) is 10.3. The van der Waals surface area contributed by atoms with Gasteiger partial charge in [-0.05, 0) is 51.7 Å². The highest BCUT2D eigenvalue weighted by Crippen LogP contribution is 2.18. The molecule has 19 heavy (non-hydrogen) atoms. The van der Waals surface area contributed by atoms with E-state index in [2.05, 4.69) is 61.4 Å². The Bertz CT molecular complexity index is 316. The lowest BCUT2D eigenvalue weighted by Crippen LogP contribution is -2.34. The van der Waals surface area contributed by atoms with Gasteiger partial charge in [0.05, 0.1) is 0 Å². The Morgan fingerprint density at radius 2 is 1.89 bits per heavy atom. The van der Waals surface area contributed by atoms with Crippen molar-refractivity contribution in [2.24, 2.45) is 0 Å². The van der Waals surface area contributed by atoms with Crippen molar-refractivity contribution in [3.8, 4) is 0 Å². The molecule has 0 aliphatic carbocycles. The average molecular weight is 280 g/mol. The molecule has 108 valence electrons. The quantitative estimate of drug-likeness (QED) is 0.661. The fraction of sp³-hybridized carbons (Fsp3) is 0.625. The van der Waals surface area contributed by atoms with Crippen molar-refractivity contribution in [1.29, 1.82) is 0 Å². The maximum atomic E-state index is 3.45. The molecule has 0 heterocycles. The van der Waals surface area contributed by atoms with E-state index >= 15 is 0 Å². The summed E-state index contributed by atoms with van der Waals surface area (Å²) in [6.45, 7) is 8.09. The van der Waals surface area contributed by atoms with E-state index < -0.39 is 0 Å². The Morgan fingerprint density at radius 3 is 2.47 bits per heavy atom. The second-order valence-corrected chi connectivity index (χ2v) is 5.93. The first-order valence-corrected chi connectivity index (χ1v) is 8.36. The van der Waals surface area contributed by atoms with E-state index in [1.54, 1.807) is 0 Å². The molecule has 1 N–H and O–H groups in total. The number of rotatable bonds is 10. The lowest BCUT2D eigenvalue weighted by atomic mass is 10.2. The largest absolute Gasteiger partial charge is 0.316 e. The Labute approximate surface area is 123 Å². The first kappa shape index (κ1) is 16.5. The summed E-state index contributed by atoms with van der Waals surface area (Å²) >= 11 is 1.94. The van der Waals surface area contributed by atoms with Gasteiger partial charge in [-0.3, -0.25) is 0 Å². The maximum absolute atomic E-state index is 3.45. The molecule has 0 saturated heterocycles. The Hall–Kier alpha value is -0.510. The van der Waals surface area contributed by atoms with Crippen LogP contribution in [0.4, 0.5) is 0 Å². The highest BCUT2D eigenvalue weighted by atomic mass is 32.2. The number of nitrogens with one attached hydrogen (secondary N) is 1. The zero-order valence-corrected chi connectivity index (χ0v) is 13.4. The van der Waals surface area contributed by atoms with E-state index in [4.69, 9.17) is 0 Å². The molecule has 0 fully saturated rings. The molecule has 1 aromatic rings. The molecule has 0 aromatic heterocycles. The van der Waals surface area contributed by atoms with Gasteiger partial charge in [0.2, 0.25) is 0 Å². The normalized spacial score (nSPS) is 12.8. The van der Waals surface area contributed by atoms with Crippen molar-refractivity contribution in [1.82, 2.24) is 10.2 Å². The molecule has 2 nitrogen and oxygen atoms in total. The fourth-order valence-electron chi connectivity index (χ4n) is 2.11. The SMILES string of the molecule is CCCN(CC)CCC(CSc1ccccc1)NC. The van der Waals surface area contributed by atoms with Gasteiger partial charge in [0.25, 0.3) is 0 Å². The first-order chi connectivity index (χ1) is 9.30. The van der Waals surface area contributed by atoms with Crippen LogP contribution in [0.5, 0.6) is 0 Å². The van der Waals surface area contributed by atoms with Crippen LogP contribution in [0.25, 0.3) is 0 Å². The molecule has 1 atom stereocenters. The van der Waals surface area contributed by atoms with Crippen molar-refractivity contribution >= 4 is 11.8 Å². The maximum Gasteiger partial charge on any atom is 0.0170 e. The average Bonchev–Trinajstić information content (AvgIpc) is 2.47. The van der Waals surface area contributed by atoms with E-state index in [-0.39, 0.29) is 0 Å². The number of hydrogen-bond donors (Lipinski definition) is 1. The van der Waals surface area contributed by atoms with Crippen LogP contribution >= 0.6 is 11.8 Å². The molecule has 0 aliphatic heterocycles. The molecule has 1 aromatic carbocycles. The second-order valence-electron chi connectivity index (χ2n) is 4.83. The van der Waals surface area contributed by atoms with Crippen LogP contribution in [0.1, 0.15) is 26.7 Å². The van der Waals surface area contributed by atoms with Crippen molar-refractivity contribution < 1.29 is 0 Å². The summed E-state index contributed by atoms with van der Waals surface area (Å²) in [6.07, 6.45) is 2.47. The zero-order chi connectivity index (χ0) is 13.9. The van der Waals surface area contributed by atoms with Crippen molar-refractivity contribution in [2.75, 3.05) is 32.4 Å². The van der Waals surface area contributed by atoms with Crippen LogP contribution in [0, 0.1) is 0 Å². The van der Waals surface area contributed by atoms with Gasteiger partial charge in [0.15, 0.2) is 0 Å². The van der Waals surface area contributed by atoms with Crippen molar-refractivity contribution in [2.45, 2.75) is 37.6 Å². The van der Waals surface area contributed by atoms with Gasteiger partial charge in [0, 0.05) is 16.7 Å². The molecule has 1 rings (SSSR count). The molecule has 0 amide bonds. The molecule has 0 radical (unpaired) electrons. The number of hydrogen-bond acceptors (Lipinski definition) is 3. The van der Waals surface area contributed by atoms with Crippen LogP contribution < -0.4 is 5.32 Å². The number of benzene rings is 1. The number of thioether (sulfide) groups is 1. The molecular formula is C16H28N2S. The van der Waals surface area contributed by atoms with E-state index in [1.165, 1.54) is 30.8 Å². The van der Waals surface area contributed by atoms with Crippen LogP contribution in [0.3, 0.4) is 0 Å². The van der Waals surface area contributed by atoms with Crippen molar-refractivity contribution in [3.05, 3.63) is 30.3 Å². The van der Waals surface area contributed by atoms with Gasteiger partial charge in [-0.15, -0.1) is 11.8 Å². The standard InChI is InChI=1S/C16H28N2S/c1-4-12-18(5-2)13-11-15(17-3)14-19-16-9-7-6-8-10-16/h6-10,15,17H,4-5,11-14H2,1-3H3. The van der Waals surface area contributed by atoms with Crippen LogP contribution in [0.15, 0.2) is 35.2 Å². The van der Waals surface area contributed by atoms with Gasteiger partial charge in [-0.25, -0.2) is 0 Å². The molecule has 0 aliphatic rings. The topological polar surface area (TPSA) is 15.3 Å². The van der Waals surface area contributed by atoms with Crippen molar-refractivity contribution in [3.63, 3.8) is 0 Å². The summed E-state index contributed by atoms with van der Waals surface area (Å²) in [5.41, 5.74) is 0. The third-order valence-electron chi connectivity index (χ3n) is 3.38. The summed E-state index contributed by atoms with van der Waals surface area (Å²) in [6, 6.07) is 11.3. The molecule has 3 heteroatoms. The minimum atomic E-state index is 0.594. The van der Waals surface area contributed by atoms with Crippen LogP contribution in [-0.2, 0) is 0 Å². The smallest absolute Gasteiger partial charge is 0.0170 e. The first-order valence-electron chi connectivity index (χ1n) is 7.37. The molecule has 0 saturated carbocycles. The summed E-state index contributed by atoms with van der Waals surface area (Å²) in [5, 5.41) is 3.45. The van der Waals surface area contributed by atoms with E-state index in [1.807, 2.05) is 11.8 Å². The summed E-state index contributed by atoms with van der Waals surface area (Å²) < 4.78 is 0. The Morgan fingerprint density at radius 1 is 1.16 bits per heavy atom. The minimum Gasteiger partial charge on any atom is -0.316 e. The minimum absolute atomic E-state index is 0.594. The van der Waals surface area contributed by atoms with Gasteiger partial charge < -0.3 is 10.2 Å². The third kappa shape index (κ3) is 7.00. The zero-order valence-electron chi connectivity index (χ0n) is 12.6. The highest BCUT2D eigenvalue weighted by Gasteiger charge is 2.09. The molecule has 1 unspecified atom stereocenters. The Balaban J connectivity index is 2.29. The van der Waals surface area contributed by atoms with Gasteiger partial charge in [0.1, 0.15) is 0 Å². The fourth-order valence-corrected chi connectivity index (χ4v) is 3.18. The lowest BCUT2D eigenvalue weighted by molar-refractivity contribution is 0.274. The molecular weight excluding hydrogens is 252 g/mol. The summed E-state index contributed by atoms with van der Waals surface area (Å²) in [5.74, 6) is 1.14. The monoisotopic (exact) mass is 280 g/mol. The van der Waals surface area contributed by atoms with Crippen LogP contribution in [0.2, 0.25) is 0 Å². The van der Waals surface area contributed by atoms with E-state index in [0.717, 1.165) is 12.3 Å². The lowest BCUT2D eigenvalue weighted by Gasteiger charge is -2.23. The highest BCUT2D eigenvalue weighted by molar-refractivity contribution is 7.99. The Kier molecular flexibility index (Phi) is 8.97. The summed E-state index contributed by atoms with van der Waals surface area (Å²) in [4.78, 5) is 3.90. The van der Waals surface area contributed by atoms with Gasteiger partial charge >= 0.3 is 0 Å². The van der Waals surface area contributed by atoms with Crippen LogP contribution in [-0.4, -0.2) is 43.4 Å². The predicted molar refractivity (Wildman–Crippen MR) is 87.0 cm³/mol. The number of nitrogens with zero attached hydrogens (tertiary/aromatic N) is 1. The summed E-state index contributed by atoms with van der Waals surface area (Å²) in [7, 11) is 2.08. The van der Waals surface area contributed by atoms with Gasteiger partial charge in [-0.1, -0.05) is 32.0 Å². The molecule has 0 bridgehead atoms. The molecule has 0 spiro atoms. The van der Waals surface area contributed by atoms with E-state index in [0.29, 0.717) is 6.04 Å². The van der Waals surface area contributed by atoms with E-state index in [9.17, 15) is 0 Å². The third-order valence-corrected chi connectivity index (χ3v) is 4.56. The predicted octanol–water partition coefficient (Wildman–Crippen LogP) is 3.49. The van der Waals surface area contributed by atoms with Gasteiger partial charge in [-0.2, -0.15) is 0 Å².